The maximum Gasteiger partial charge on any atom is 0.327 e. The van der Waals surface area contributed by atoms with Gasteiger partial charge in [0.15, 0.2) is 5.82 Å². The predicted octanol–water partition coefficient (Wildman–Crippen LogP) is 3.30. The molecule has 0 radical (unpaired) electrons. The van der Waals surface area contributed by atoms with E-state index in [1.807, 2.05) is 13.0 Å². The van der Waals surface area contributed by atoms with Gasteiger partial charge in [0.2, 0.25) is 0 Å². The molecule has 2 aliphatic heterocycles. The van der Waals surface area contributed by atoms with Gasteiger partial charge in [-0.2, -0.15) is 0 Å². The highest BCUT2D eigenvalue weighted by atomic mass is 19.1. The normalized spacial score (nSPS) is 21.3. The standard InChI is InChI=1S/C23H28FN7O/c1-14-10-30-13-19(18(24)9-21(30)26-14)27-23(32)31-8-6-17-20(5-7-25-22(17)31)29-11-15(2)28(4)16(3)12-29/h5,7,9-10,13,15-16H,6,8,11-12H2,1-4H3,(H,27,32)/t15-,16+. The summed E-state index contributed by atoms with van der Waals surface area (Å²) in [5.41, 5.74) is 3.62. The van der Waals surface area contributed by atoms with E-state index < -0.39 is 5.82 Å². The number of hydrogen-bond donors (Lipinski definition) is 1. The lowest BCUT2D eigenvalue weighted by Crippen LogP contribution is -2.55. The summed E-state index contributed by atoms with van der Waals surface area (Å²) in [6.07, 6.45) is 5.83. The lowest BCUT2D eigenvalue weighted by molar-refractivity contribution is 0.170. The van der Waals surface area contributed by atoms with E-state index in [1.165, 1.54) is 6.07 Å². The number of pyridine rings is 2. The summed E-state index contributed by atoms with van der Waals surface area (Å²) in [6.45, 7) is 8.68. The van der Waals surface area contributed by atoms with Gasteiger partial charge in [0, 0.05) is 67.6 Å². The van der Waals surface area contributed by atoms with Crippen molar-refractivity contribution in [3.8, 4) is 0 Å². The molecule has 1 saturated heterocycles. The Hall–Kier alpha value is -3.20. The van der Waals surface area contributed by atoms with Crippen molar-refractivity contribution in [1.82, 2.24) is 19.3 Å². The van der Waals surface area contributed by atoms with Gasteiger partial charge in [0.05, 0.1) is 11.4 Å². The maximum atomic E-state index is 14.6. The third-order valence-corrected chi connectivity index (χ3v) is 6.70. The highest BCUT2D eigenvalue weighted by molar-refractivity contribution is 6.03. The topological polar surface area (TPSA) is 69.0 Å². The first-order valence-corrected chi connectivity index (χ1v) is 11.0. The van der Waals surface area contributed by atoms with E-state index in [-0.39, 0.29) is 11.7 Å². The fraction of sp³-hybridized carbons (Fsp3) is 0.435. The molecule has 5 heterocycles. The Kier molecular flexibility index (Phi) is 5.00. The number of fused-ring (bicyclic) bond motifs is 2. The van der Waals surface area contributed by atoms with Crippen LogP contribution >= 0.6 is 0 Å². The number of anilines is 3. The van der Waals surface area contributed by atoms with Gasteiger partial charge in [-0.05, 0) is 40.3 Å². The van der Waals surface area contributed by atoms with Crippen LogP contribution in [0.2, 0.25) is 0 Å². The van der Waals surface area contributed by atoms with E-state index in [0.29, 0.717) is 30.1 Å². The summed E-state index contributed by atoms with van der Waals surface area (Å²) in [5, 5.41) is 2.72. The highest BCUT2D eigenvalue weighted by Gasteiger charge is 2.33. The molecular formula is C23H28FN7O. The molecular weight excluding hydrogens is 409 g/mol. The number of imidazole rings is 1. The number of carbonyl (C=O) groups is 1. The molecule has 2 aliphatic rings. The molecule has 3 aromatic heterocycles. The minimum absolute atomic E-state index is 0.117. The zero-order valence-corrected chi connectivity index (χ0v) is 18.8. The Bertz CT molecular complexity index is 1180. The van der Waals surface area contributed by atoms with Crippen LogP contribution in [-0.4, -0.2) is 64.1 Å². The summed E-state index contributed by atoms with van der Waals surface area (Å²) in [4.78, 5) is 28.2. The van der Waals surface area contributed by atoms with Gasteiger partial charge in [-0.15, -0.1) is 0 Å². The van der Waals surface area contributed by atoms with Gasteiger partial charge < -0.3 is 14.6 Å². The Labute approximate surface area is 186 Å². The van der Waals surface area contributed by atoms with E-state index in [4.69, 9.17) is 0 Å². The quantitative estimate of drug-likeness (QED) is 0.666. The number of rotatable bonds is 2. The Morgan fingerprint density at radius 2 is 1.97 bits per heavy atom. The van der Waals surface area contributed by atoms with Crippen molar-refractivity contribution in [2.75, 3.05) is 41.8 Å². The molecule has 0 aliphatic carbocycles. The molecule has 3 aromatic rings. The number of piperazine rings is 1. The molecule has 8 nitrogen and oxygen atoms in total. The van der Waals surface area contributed by atoms with Crippen LogP contribution in [0.1, 0.15) is 25.1 Å². The third-order valence-electron chi connectivity index (χ3n) is 6.70. The molecule has 9 heteroatoms. The number of likely N-dealkylation sites (N-methyl/N-ethyl adjacent to an activating group) is 1. The molecule has 0 bridgehead atoms. The smallest absolute Gasteiger partial charge is 0.327 e. The van der Waals surface area contributed by atoms with Crippen molar-refractivity contribution >= 4 is 28.9 Å². The van der Waals surface area contributed by atoms with Gasteiger partial charge in [-0.3, -0.25) is 9.80 Å². The van der Waals surface area contributed by atoms with Crippen molar-refractivity contribution in [2.24, 2.45) is 0 Å². The van der Waals surface area contributed by atoms with E-state index >= 15 is 0 Å². The molecule has 0 saturated carbocycles. The van der Waals surface area contributed by atoms with E-state index in [9.17, 15) is 9.18 Å². The van der Waals surface area contributed by atoms with Crippen molar-refractivity contribution in [1.29, 1.82) is 0 Å². The van der Waals surface area contributed by atoms with Crippen molar-refractivity contribution in [3.63, 3.8) is 0 Å². The van der Waals surface area contributed by atoms with Crippen molar-refractivity contribution in [2.45, 2.75) is 39.3 Å². The number of hydrogen-bond acceptors (Lipinski definition) is 5. The second kappa shape index (κ2) is 7.74. The maximum absolute atomic E-state index is 14.6. The van der Waals surface area contributed by atoms with Crippen molar-refractivity contribution < 1.29 is 9.18 Å². The molecule has 0 unspecified atom stereocenters. The third kappa shape index (κ3) is 3.46. The molecule has 2 amide bonds. The average molecular weight is 438 g/mol. The Morgan fingerprint density at radius 1 is 1.22 bits per heavy atom. The summed E-state index contributed by atoms with van der Waals surface area (Å²) in [6, 6.07) is 3.86. The number of halogens is 1. The van der Waals surface area contributed by atoms with Crippen LogP contribution in [0, 0.1) is 12.7 Å². The number of aromatic nitrogens is 3. The summed E-state index contributed by atoms with van der Waals surface area (Å²) >= 11 is 0. The van der Waals surface area contributed by atoms with Gasteiger partial charge in [-0.1, -0.05) is 0 Å². The molecule has 0 spiro atoms. The minimum atomic E-state index is -0.516. The number of nitrogens with one attached hydrogen (secondary N) is 1. The predicted molar refractivity (Wildman–Crippen MR) is 123 cm³/mol. The van der Waals surface area contributed by atoms with Crippen LogP contribution in [0.3, 0.4) is 0 Å². The van der Waals surface area contributed by atoms with E-state index in [2.05, 4.69) is 46.0 Å². The van der Waals surface area contributed by atoms with Crippen LogP contribution in [-0.2, 0) is 6.42 Å². The molecule has 1 N–H and O–H groups in total. The lowest BCUT2D eigenvalue weighted by atomic mass is 10.1. The van der Waals surface area contributed by atoms with Gasteiger partial charge >= 0.3 is 6.03 Å². The first-order valence-electron chi connectivity index (χ1n) is 11.0. The minimum Gasteiger partial charge on any atom is -0.368 e. The second-order valence-corrected chi connectivity index (χ2v) is 8.92. The summed E-state index contributed by atoms with van der Waals surface area (Å²) in [7, 11) is 2.16. The second-order valence-electron chi connectivity index (χ2n) is 8.92. The summed E-state index contributed by atoms with van der Waals surface area (Å²) in [5.74, 6) is 0.136. The van der Waals surface area contributed by atoms with E-state index in [1.54, 1.807) is 27.9 Å². The molecule has 5 rings (SSSR count). The first-order chi connectivity index (χ1) is 15.3. The van der Waals surface area contributed by atoms with Gasteiger partial charge in [-0.25, -0.2) is 19.2 Å². The molecule has 0 aromatic carbocycles. The van der Waals surface area contributed by atoms with E-state index in [0.717, 1.165) is 36.5 Å². The number of nitrogens with zero attached hydrogens (tertiary/aromatic N) is 6. The monoisotopic (exact) mass is 437 g/mol. The van der Waals surface area contributed by atoms with Crippen LogP contribution in [0.4, 0.5) is 26.4 Å². The molecule has 168 valence electrons. The number of carbonyl (C=O) groups excluding carboxylic acids is 1. The van der Waals surface area contributed by atoms with Gasteiger partial charge in [0.1, 0.15) is 11.5 Å². The zero-order chi connectivity index (χ0) is 22.6. The zero-order valence-electron chi connectivity index (χ0n) is 18.8. The number of aryl methyl sites for hydroxylation is 1. The first kappa shape index (κ1) is 20.7. The molecule has 1 fully saturated rings. The van der Waals surface area contributed by atoms with Crippen molar-refractivity contribution in [3.05, 3.63) is 47.8 Å². The fourth-order valence-corrected chi connectivity index (χ4v) is 4.78. The van der Waals surface area contributed by atoms with Crippen LogP contribution in [0.5, 0.6) is 0 Å². The van der Waals surface area contributed by atoms with Gasteiger partial charge in [0.25, 0.3) is 0 Å². The molecule has 2 atom stereocenters. The highest BCUT2D eigenvalue weighted by Crippen LogP contribution is 2.35. The molecule has 32 heavy (non-hydrogen) atoms. The largest absolute Gasteiger partial charge is 0.368 e. The average Bonchev–Trinajstić information content (AvgIpc) is 3.34. The SMILES string of the molecule is Cc1cn2cc(NC(=O)N3CCc4c(N5C[C@@H](C)N(C)[C@@H](C)C5)ccnc43)c(F)cc2n1. The summed E-state index contributed by atoms with van der Waals surface area (Å²) < 4.78 is 16.3. The van der Waals surface area contributed by atoms with Crippen LogP contribution in [0.25, 0.3) is 5.65 Å². The number of urea groups is 1. The Balaban J connectivity index is 1.39. The van der Waals surface area contributed by atoms with Crippen LogP contribution in [0.15, 0.2) is 30.7 Å². The van der Waals surface area contributed by atoms with Crippen LogP contribution < -0.4 is 15.1 Å². The number of amides is 2. The Morgan fingerprint density at radius 3 is 2.72 bits per heavy atom. The fourth-order valence-electron chi connectivity index (χ4n) is 4.78. The lowest BCUT2D eigenvalue weighted by Gasteiger charge is -2.44.